The van der Waals surface area contributed by atoms with Crippen molar-refractivity contribution in [3.8, 4) is 0 Å². The first kappa shape index (κ1) is 25.7. The summed E-state index contributed by atoms with van der Waals surface area (Å²) < 4.78 is 19.3. The Labute approximate surface area is 221 Å². The van der Waals surface area contributed by atoms with Gasteiger partial charge in [0, 0.05) is 53.4 Å². The van der Waals surface area contributed by atoms with Crippen molar-refractivity contribution in [3.05, 3.63) is 60.4 Å². The third-order valence-corrected chi connectivity index (χ3v) is 6.95. The van der Waals surface area contributed by atoms with Crippen LogP contribution >= 0.6 is 0 Å². The molecule has 2 amide bonds. The van der Waals surface area contributed by atoms with E-state index >= 15 is 0 Å². The van der Waals surface area contributed by atoms with Crippen LogP contribution in [0.5, 0.6) is 0 Å². The number of alkyl carbamates (subject to hydrolysis) is 1. The van der Waals surface area contributed by atoms with E-state index < -0.39 is 17.7 Å². The Morgan fingerprint density at radius 3 is 2.63 bits per heavy atom. The van der Waals surface area contributed by atoms with Crippen molar-refractivity contribution >= 4 is 34.4 Å². The second-order valence-electron chi connectivity index (χ2n) is 11.1. The first-order valence-corrected chi connectivity index (χ1v) is 12.9. The van der Waals surface area contributed by atoms with Crippen molar-refractivity contribution < 1.29 is 18.7 Å². The van der Waals surface area contributed by atoms with Gasteiger partial charge in [0.2, 0.25) is 11.9 Å². The number of carbonyl (C=O) groups excluding carboxylic acids is 2. The number of H-pyrrole nitrogens is 1. The van der Waals surface area contributed by atoms with Crippen molar-refractivity contribution in [3.63, 3.8) is 0 Å². The molecule has 3 aromatic rings. The lowest BCUT2D eigenvalue weighted by atomic mass is 9.95. The van der Waals surface area contributed by atoms with Gasteiger partial charge in [-0.25, -0.2) is 19.2 Å². The van der Waals surface area contributed by atoms with Crippen LogP contribution in [0.25, 0.3) is 16.5 Å². The molecule has 2 aliphatic heterocycles. The molecule has 9 nitrogen and oxygen atoms in total. The number of amides is 2. The first-order chi connectivity index (χ1) is 18.0. The minimum atomic E-state index is -0.760. The number of anilines is 1. The summed E-state index contributed by atoms with van der Waals surface area (Å²) in [6.07, 6.45) is 7.29. The molecule has 0 saturated carbocycles. The lowest BCUT2D eigenvalue weighted by Gasteiger charge is -2.32. The Morgan fingerprint density at radius 2 is 1.95 bits per heavy atom. The second-order valence-corrected chi connectivity index (χ2v) is 11.1. The minimum absolute atomic E-state index is 0.0870. The number of hydrogen-bond acceptors (Lipinski definition) is 6. The Balaban J connectivity index is 1.51. The molecule has 4 heterocycles. The number of nitrogens with one attached hydrogen (secondary N) is 2. The molecule has 1 aromatic carbocycles. The standard InChI is InChI=1S/C28H33FN6O3/c1-16(2)23(33-27(37)38-28(3,4)5)25(36)34-12-9-22-24(34)20(15-35(22)26-30-10-6-11-31-26)19-14-32-21-13-17(29)7-8-18(19)21/h6-8,10-11,13-16,22-24,32H,9,12H2,1-5H3,(H,33,37). The first-order valence-electron chi connectivity index (χ1n) is 12.9. The maximum atomic E-state index is 14.0. The molecule has 2 aliphatic rings. The van der Waals surface area contributed by atoms with Gasteiger partial charge in [0.05, 0.1) is 12.1 Å². The van der Waals surface area contributed by atoms with Crippen LogP contribution in [-0.4, -0.2) is 62.1 Å². The summed E-state index contributed by atoms with van der Waals surface area (Å²) in [4.78, 5) is 42.6. The van der Waals surface area contributed by atoms with Crippen molar-refractivity contribution in [2.75, 3.05) is 11.4 Å². The number of likely N-dealkylation sites (tertiary alicyclic amines) is 1. The van der Waals surface area contributed by atoms with E-state index in [2.05, 4.69) is 20.3 Å². The molecule has 0 spiro atoms. The zero-order chi connectivity index (χ0) is 27.2. The highest BCUT2D eigenvalue weighted by molar-refractivity contribution is 5.97. The number of fused-ring (bicyclic) bond motifs is 2. The zero-order valence-corrected chi connectivity index (χ0v) is 22.2. The van der Waals surface area contributed by atoms with Crippen LogP contribution in [-0.2, 0) is 9.53 Å². The van der Waals surface area contributed by atoms with Gasteiger partial charge in [0.1, 0.15) is 17.5 Å². The van der Waals surface area contributed by atoms with Crippen LogP contribution in [0.2, 0.25) is 0 Å². The number of hydrogen-bond donors (Lipinski definition) is 2. The lowest BCUT2D eigenvalue weighted by Crippen LogP contribution is -2.54. The largest absolute Gasteiger partial charge is 0.444 e. The zero-order valence-electron chi connectivity index (χ0n) is 22.2. The highest BCUT2D eigenvalue weighted by Gasteiger charge is 2.49. The molecule has 3 atom stereocenters. The smallest absolute Gasteiger partial charge is 0.408 e. The molecule has 0 aliphatic carbocycles. The third kappa shape index (κ3) is 4.82. The normalized spacial score (nSPS) is 20.0. The summed E-state index contributed by atoms with van der Waals surface area (Å²) in [6, 6.07) is 5.24. The van der Waals surface area contributed by atoms with Gasteiger partial charge in [0.15, 0.2) is 0 Å². The topological polar surface area (TPSA) is 103 Å². The lowest BCUT2D eigenvalue weighted by molar-refractivity contribution is -0.134. The van der Waals surface area contributed by atoms with Gasteiger partial charge in [-0.2, -0.15) is 0 Å². The second kappa shape index (κ2) is 9.74. The predicted molar refractivity (Wildman–Crippen MR) is 143 cm³/mol. The minimum Gasteiger partial charge on any atom is -0.444 e. The van der Waals surface area contributed by atoms with Crippen LogP contribution in [0.3, 0.4) is 0 Å². The fourth-order valence-corrected chi connectivity index (χ4v) is 5.34. The van der Waals surface area contributed by atoms with Gasteiger partial charge in [-0.1, -0.05) is 13.8 Å². The molecule has 5 rings (SSSR count). The number of rotatable bonds is 5. The number of carbonyl (C=O) groups is 2. The Morgan fingerprint density at radius 1 is 1.21 bits per heavy atom. The molecule has 0 radical (unpaired) electrons. The molecule has 10 heteroatoms. The quantitative estimate of drug-likeness (QED) is 0.514. The molecule has 1 saturated heterocycles. The molecular formula is C28H33FN6O3. The number of halogens is 1. The van der Waals surface area contributed by atoms with Gasteiger partial charge in [0.25, 0.3) is 0 Å². The molecule has 200 valence electrons. The summed E-state index contributed by atoms with van der Waals surface area (Å²) in [6.45, 7) is 9.66. The van der Waals surface area contributed by atoms with E-state index in [0.717, 1.165) is 16.5 Å². The van der Waals surface area contributed by atoms with Gasteiger partial charge in [-0.3, -0.25) is 4.79 Å². The average Bonchev–Trinajstić information content (AvgIpc) is 3.55. The highest BCUT2D eigenvalue weighted by atomic mass is 19.1. The summed E-state index contributed by atoms with van der Waals surface area (Å²) in [5.41, 5.74) is 1.79. The third-order valence-electron chi connectivity index (χ3n) is 6.95. The monoisotopic (exact) mass is 520 g/mol. The summed E-state index contributed by atoms with van der Waals surface area (Å²) >= 11 is 0. The molecule has 1 fully saturated rings. The van der Waals surface area contributed by atoms with E-state index in [1.807, 2.05) is 36.0 Å². The Kier molecular flexibility index (Phi) is 6.58. The average molecular weight is 521 g/mol. The summed E-state index contributed by atoms with van der Waals surface area (Å²) in [5, 5.41) is 3.66. The van der Waals surface area contributed by atoms with Crippen LogP contribution < -0.4 is 10.2 Å². The number of nitrogens with zero attached hydrogens (tertiary/aromatic N) is 4. The van der Waals surface area contributed by atoms with Crippen molar-refractivity contribution in [2.45, 2.75) is 64.8 Å². The van der Waals surface area contributed by atoms with Crippen LogP contribution in [0, 0.1) is 11.7 Å². The molecule has 2 N–H and O–H groups in total. The molecule has 38 heavy (non-hydrogen) atoms. The van der Waals surface area contributed by atoms with Gasteiger partial charge >= 0.3 is 6.09 Å². The fourth-order valence-electron chi connectivity index (χ4n) is 5.34. The summed E-state index contributed by atoms with van der Waals surface area (Å²) in [5.74, 6) is -0.113. The maximum absolute atomic E-state index is 14.0. The number of ether oxygens (including phenoxy) is 1. The fraction of sp³-hybridized carbons (Fsp3) is 0.429. The van der Waals surface area contributed by atoms with E-state index in [-0.39, 0.29) is 29.7 Å². The van der Waals surface area contributed by atoms with E-state index in [1.165, 1.54) is 12.1 Å². The van der Waals surface area contributed by atoms with Crippen molar-refractivity contribution in [1.29, 1.82) is 0 Å². The van der Waals surface area contributed by atoms with E-state index in [1.54, 1.807) is 45.3 Å². The SMILES string of the molecule is CC(C)C(NC(=O)OC(C)(C)C)C(=O)N1CCC2C1C(c1c[nH]c3cc(F)ccc13)=CN2c1ncccn1. The maximum Gasteiger partial charge on any atom is 0.408 e. The predicted octanol–water partition coefficient (Wildman–Crippen LogP) is 4.48. The molecule has 3 unspecified atom stereocenters. The molecular weight excluding hydrogens is 487 g/mol. The number of aromatic nitrogens is 3. The van der Waals surface area contributed by atoms with Crippen LogP contribution in [0.1, 0.15) is 46.6 Å². The van der Waals surface area contributed by atoms with E-state index in [9.17, 15) is 14.0 Å². The van der Waals surface area contributed by atoms with Gasteiger partial charge in [-0.05, 0) is 57.4 Å². The van der Waals surface area contributed by atoms with Crippen LogP contribution in [0.4, 0.5) is 15.1 Å². The molecule has 2 aromatic heterocycles. The Bertz CT molecular complexity index is 1380. The van der Waals surface area contributed by atoms with Crippen molar-refractivity contribution in [2.24, 2.45) is 5.92 Å². The van der Waals surface area contributed by atoms with Crippen LogP contribution in [0.15, 0.2) is 49.1 Å². The van der Waals surface area contributed by atoms with E-state index in [4.69, 9.17) is 4.74 Å². The van der Waals surface area contributed by atoms with Crippen molar-refractivity contribution in [1.82, 2.24) is 25.2 Å². The number of aromatic amines is 1. The number of benzene rings is 1. The van der Waals surface area contributed by atoms with Gasteiger partial charge in [-0.15, -0.1) is 0 Å². The summed E-state index contributed by atoms with van der Waals surface area (Å²) in [7, 11) is 0. The molecule has 0 bridgehead atoms. The van der Waals surface area contributed by atoms with E-state index in [0.29, 0.717) is 24.4 Å². The van der Waals surface area contributed by atoms with Gasteiger partial charge < -0.3 is 24.8 Å². The Hall–Kier alpha value is -3.95. The highest BCUT2D eigenvalue weighted by Crippen LogP contribution is 2.43.